The van der Waals surface area contributed by atoms with Gasteiger partial charge in [-0.1, -0.05) is 12.1 Å². The Morgan fingerprint density at radius 3 is 1.77 bits per heavy atom. The molecule has 0 spiro atoms. The fourth-order valence-electron chi connectivity index (χ4n) is 6.05. The molecule has 4 fully saturated rings. The molecule has 4 saturated carbocycles. The maximum Gasteiger partial charge on any atom is 0.248 e. The molecule has 0 unspecified atom stereocenters. The molecular weight excluding hydrogens is 322 g/mol. The van der Waals surface area contributed by atoms with Gasteiger partial charge in [0.05, 0.1) is 0 Å². The zero-order chi connectivity index (χ0) is 17.7. The van der Waals surface area contributed by atoms with Crippen molar-refractivity contribution in [3.63, 3.8) is 0 Å². The van der Waals surface area contributed by atoms with E-state index in [1.165, 1.54) is 37.7 Å². The van der Waals surface area contributed by atoms with Gasteiger partial charge in [-0.25, -0.2) is 0 Å². The van der Waals surface area contributed by atoms with Crippen LogP contribution < -0.4 is 10.5 Å². The Labute approximate surface area is 154 Å². The van der Waals surface area contributed by atoms with Gasteiger partial charge < -0.3 is 10.5 Å². The third-order valence-electron chi connectivity index (χ3n) is 6.87. The van der Waals surface area contributed by atoms with Crippen LogP contribution in [0, 0.1) is 23.7 Å². The lowest BCUT2D eigenvalue weighted by Crippen LogP contribution is -2.43. The number of carbonyl (C=O) groups is 1. The first-order valence-electron chi connectivity index (χ1n) is 9.83. The summed E-state index contributed by atoms with van der Waals surface area (Å²) in [4.78, 5) is 11.1. The summed E-state index contributed by atoms with van der Waals surface area (Å²) in [5.41, 5.74) is 7.26. The van der Waals surface area contributed by atoms with Gasteiger partial charge in [0, 0.05) is 5.56 Å². The van der Waals surface area contributed by atoms with Gasteiger partial charge in [-0.05, 0) is 104 Å². The molecule has 1 amide bonds. The van der Waals surface area contributed by atoms with E-state index in [1.807, 2.05) is 0 Å². The third-order valence-corrected chi connectivity index (χ3v) is 6.87. The molecule has 6 rings (SSSR count). The van der Waals surface area contributed by atoms with Gasteiger partial charge in [0.25, 0.3) is 0 Å². The van der Waals surface area contributed by atoms with E-state index in [-0.39, 0.29) is 0 Å². The lowest BCUT2D eigenvalue weighted by atomic mass is 9.51. The van der Waals surface area contributed by atoms with E-state index < -0.39 is 5.91 Å². The van der Waals surface area contributed by atoms with Crippen molar-refractivity contribution in [1.29, 1.82) is 0 Å². The molecular formula is C23H25NO2. The van der Waals surface area contributed by atoms with Crippen molar-refractivity contribution in [1.82, 2.24) is 0 Å². The Kier molecular flexibility index (Phi) is 3.77. The Balaban J connectivity index is 1.31. The second-order valence-electron chi connectivity index (χ2n) is 8.52. The maximum absolute atomic E-state index is 11.1. The molecule has 4 aliphatic carbocycles. The topological polar surface area (TPSA) is 52.3 Å². The second-order valence-corrected chi connectivity index (χ2v) is 8.52. The molecule has 2 aromatic carbocycles. The van der Waals surface area contributed by atoms with E-state index in [1.54, 1.807) is 24.3 Å². The van der Waals surface area contributed by atoms with Crippen molar-refractivity contribution in [2.24, 2.45) is 29.4 Å². The van der Waals surface area contributed by atoms with Crippen molar-refractivity contribution in [2.45, 2.75) is 38.0 Å². The molecule has 4 aliphatic rings. The molecule has 0 aliphatic heterocycles. The summed E-state index contributed by atoms with van der Waals surface area (Å²) in [6.07, 6.45) is 7.29. The molecule has 3 heteroatoms. The summed E-state index contributed by atoms with van der Waals surface area (Å²) in [6.45, 7) is 0. The summed E-state index contributed by atoms with van der Waals surface area (Å²) in [6, 6.07) is 15.7. The number of rotatable bonds is 4. The lowest BCUT2D eigenvalue weighted by molar-refractivity contribution is -0.00279. The highest BCUT2D eigenvalue weighted by Crippen LogP contribution is 2.59. The fourth-order valence-corrected chi connectivity index (χ4v) is 6.05. The normalized spacial score (nSPS) is 31.8. The van der Waals surface area contributed by atoms with Gasteiger partial charge in [-0.15, -0.1) is 0 Å². The van der Waals surface area contributed by atoms with Crippen LogP contribution in [0.5, 0.6) is 11.5 Å². The predicted octanol–water partition coefficient (Wildman–Crippen LogP) is 5.12. The monoisotopic (exact) mass is 347 g/mol. The van der Waals surface area contributed by atoms with E-state index in [4.69, 9.17) is 10.5 Å². The molecule has 2 aromatic rings. The van der Waals surface area contributed by atoms with Crippen molar-refractivity contribution < 1.29 is 9.53 Å². The van der Waals surface area contributed by atoms with Crippen LogP contribution in [0.1, 0.15) is 53.9 Å². The summed E-state index contributed by atoms with van der Waals surface area (Å²) in [7, 11) is 0. The highest BCUT2D eigenvalue weighted by molar-refractivity contribution is 5.92. The minimum Gasteiger partial charge on any atom is -0.457 e. The number of primary amides is 1. The van der Waals surface area contributed by atoms with E-state index in [0.717, 1.165) is 41.1 Å². The summed E-state index contributed by atoms with van der Waals surface area (Å²) >= 11 is 0. The Bertz CT molecular complexity index is 781. The van der Waals surface area contributed by atoms with E-state index in [0.29, 0.717) is 5.56 Å². The minimum absolute atomic E-state index is 0.420. The van der Waals surface area contributed by atoms with Crippen LogP contribution in [0.4, 0.5) is 0 Å². The first-order chi connectivity index (χ1) is 12.7. The van der Waals surface area contributed by atoms with Gasteiger partial charge in [0.2, 0.25) is 5.91 Å². The number of nitrogens with two attached hydrogens (primary N) is 1. The zero-order valence-electron chi connectivity index (χ0n) is 14.9. The van der Waals surface area contributed by atoms with Crippen LogP contribution in [0.2, 0.25) is 0 Å². The van der Waals surface area contributed by atoms with Crippen LogP contribution in [-0.4, -0.2) is 5.91 Å². The average Bonchev–Trinajstić information content (AvgIpc) is 2.63. The van der Waals surface area contributed by atoms with Crippen LogP contribution in [0.25, 0.3) is 0 Å². The summed E-state index contributed by atoms with van der Waals surface area (Å²) in [5.74, 6) is 5.73. The fraction of sp³-hybridized carbons (Fsp3) is 0.435. The maximum atomic E-state index is 11.1. The predicted molar refractivity (Wildman–Crippen MR) is 101 cm³/mol. The van der Waals surface area contributed by atoms with Gasteiger partial charge in [0.1, 0.15) is 11.5 Å². The van der Waals surface area contributed by atoms with E-state index in [9.17, 15) is 4.79 Å². The smallest absolute Gasteiger partial charge is 0.248 e. The van der Waals surface area contributed by atoms with Crippen LogP contribution in [-0.2, 0) is 0 Å². The second kappa shape index (κ2) is 6.15. The number of amides is 1. The molecule has 26 heavy (non-hydrogen) atoms. The Morgan fingerprint density at radius 1 is 0.769 bits per heavy atom. The highest BCUT2D eigenvalue weighted by Gasteiger charge is 2.48. The number of benzene rings is 2. The van der Waals surface area contributed by atoms with Gasteiger partial charge in [0.15, 0.2) is 0 Å². The molecule has 0 aromatic heterocycles. The zero-order valence-corrected chi connectivity index (χ0v) is 14.9. The summed E-state index contributed by atoms with van der Waals surface area (Å²) < 4.78 is 5.92. The molecule has 0 radical (unpaired) electrons. The van der Waals surface area contributed by atoms with Gasteiger partial charge >= 0.3 is 0 Å². The molecule has 0 heterocycles. The van der Waals surface area contributed by atoms with Crippen molar-refractivity contribution in [3.8, 4) is 11.5 Å². The first kappa shape index (κ1) is 15.9. The Morgan fingerprint density at radius 2 is 1.27 bits per heavy atom. The number of ether oxygens (including phenoxy) is 1. The molecule has 134 valence electrons. The van der Waals surface area contributed by atoms with E-state index in [2.05, 4.69) is 24.3 Å². The van der Waals surface area contributed by atoms with E-state index >= 15 is 0 Å². The SMILES string of the molecule is NC(=O)c1ccc(Oc2ccc(C3C4CC5CC(C4)CC3C5)cc2)cc1. The van der Waals surface area contributed by atoms with Crippen LogP contribution in [0.15, 0.2) is 48.5 Å². The summed E-state index contributed by atoms with van der Waals surface area (Å²) in [5, 5.41) is 0. The average molecular weight is 347 g/mol. The lowest BCUT2D eigenvalue weighted by Gasteiger charge is -2.54. The van der Waals surface area contributed by atoms with Gasteiger partial charge in [-0.3, -0.25) is 4.79 Å². The number of hydrogen-bond donors (Lipinski definition) is 1. The molecule has 4 bridgehead atoms. The van der Waals surface area contributed by atoms with Crippen LogP contribution >= 0.6 is 0 Å². The van der Waals surface area contributed by atoms with Crippen molar-refractivity contribution in [2.75, 3.05) is 0 Å². The quantitative estimate of drug-likeness (QED) is 0.835. The molecule has 0 atom stereocenters. The minimum atomic E-state index is -0.420. The van der Waals surface area contributed by atoms with Gasteiger partial charge in [-0.2, -0.15) is 0 Å². The first-order valence-corrected chi connectivity index (χ1v) is 9.83. The standard InChI is InChI=1S/C23H25NO2/c24-23(25)17-3-7-21(8-4-17)26-20-5-1-16(2-6-20)22-18-10-14-9-15(12-18)13-19(22)11-14/h1-8,14-15,18-19,22H,9-13H2,(H2,24,25). The number of carbonyl (C=O) groups excluding carboxylic acids is 1. The largest absolute Gasteiger partial charge is 0.457 e. The van der Waals surface area contributed by atoms with Crippen LogP contribution in [0.3, 0.4) is 0 Å². The Hall–Kier alpha value is -2.29. The molecule has 2 N–H and O–H groups in total. The number of hydrogen-bond acceptors (Lipinski definition) is 2. The third kappa shape index (κ3) is 2.80. The molecule has 3 nitrogen and oxygen atoms in total. The van der Waals surface area contributed by atoms with Crippen molar-refractivity contribution in [3.05, 3.63) is 59.7 Å². The highest BCUT2D eigenvalue weighted by atomic mass is 16.5. The molecule has 0 saturated heterocycles. The van der Waals surface area contributed by atoms with Crippen molar-refractivity contribution >= 4 is 5.91 Å².